The number of non-ortho nitro benzene ring substituents is 1. The molecule has 1 heterocycles. The number of sulfonamides is 1. The maximum atomic E-state index is 13.1. The lowest BCUT2D eigenvalue weighted by molar-refractivity contribution is -0.384. The molecule has 188 valence electrons. The average Bonchev–Trinajstić information content (AvgIpc) is 3.25. The van der Waals surface area contributed by atoms with Crippen LogP contribution >= 0.6 is 0 Å². The Morgan fingerprint density at radius 1 is 0.711 bits per heavy atom. The van der Waals surface area contributed by atoms with Crippen LogP contribution in [0.25, 0.3) is 33.6 Å². The van der Waals surface area contributed by atoms with Crippen LogP contribution in [0.4, 0.5) is 5.69 Å². The van der Waals surface area contributed by atoms with Gasteiger partial charge in [0.15, 0.2) is 0 Å². The predicted octanol–water partition coefficient (Wildman–Crippen LogP) is 6.74. The van der Waals surface area contributed by atoms with Crippen LogP contribution < -0.4 is 0 Å². The molecule has 0 fully saturated rings. The van der Waals surface area contributed by atoms with Crippen molar-refractivity contribution < 1.29 is 13.3 Å². The molecule has 0 bridgehead atoms. The van der Waals surface area contributed by atoms with Gasteiger partial charge >= 0.3 is 0 Å². The zero-order chi connectivity index (χ0) is 26.7. The SMILES string of the molecule is Cn1c(-c2ccccc2)c(C=NS(=O)(=O)c2ccccc2)c(-c2ccc([N+](=O)[O-])cc2)c1-c1ccccc1. The minimum atomic E-state index is -3.97. The number of nitro benzene ring substituents is 1. The second-order valence-electron chi connectivity index (χ2n) is 8.60. The lowest BCUT2D eigenvalue weighted by atomic mass is 9.96. The van der Waals surface area contributed by atoms with Gasteiger partial charge in [0, 0.05) is 30.3 Å². The van der Waals surface area contributed by atoms with Crippen molar-refractivity contribution in [3.05, 3.63) is 131 Å². The van der Waals surface area contributed by atoms with Crippen LogP contribution in [0.15, 0.2) is 125 Å². The normalized spacial score (nSPS) is 11.6. The quantitative estimate of drug-likeness (QED) is 0.135. The number of nitrogens with zero attached hydrogens (tertiary/aromatic N) is 3. The molecule has 0 N–H and O–H groups in total. The molecule has 0 radical (unpaired) electrons. The highest BCUT2D eigenvalue weighted by Crippen LogP contribution is 2.42. The first-order valence-electron chi connectivity index (χ1n) is 11.8. The van der Waals surface area contributed by atoms with E-state index in [1.807, 2.05) is 72.3 Å². The first-order valence-corrected chi connectivity index (χ1v) is 13.2. The Labute approximate surface area is 220 Å². The van der Waals surface area contributed by atoms with Gasteiger partial charge in [-0.2, -0.15) is 12.8 Å². The molecule has 0 aliphatic heterocycles. The summed E-state index contributed by atoms with van der Waals surface area (Å²) in [5.74, 6) is 0. The fourth-order valence-corrected chi connectivity index (χ4v) is 5.40. The molecule has 4 aromatic carbocycles. The molecule has 0 unspecified atom stereocenters. The number of hydrogen-bond donors (Lipinski definition) is 0. The Kier molecular flexibility index (Phi) is 6.72. The van der Waals surface area contributed by atoms with E-state index in [1.54, 1.807) is 30.3 Å². The largest absolute Gasteiger partial charge is 0.343 e. The molecule has 0 spiro atoms. The smallest absolute Gasteiger partial charge is 0.282 e. The van der Waals surface area contributed by atoms with Gasteiger partial charge < -0.3 is 4.57 Å². The summed E-state index contributed by atoms with van der Waals surface area (Å²) in [7, 11) is -2.05. The summed E-state index contributed by atoms with van der Waals surface area (Å²) in [6, 6.07) is 33.7. The highest BCUT2D eigenvalue weighted by molar-refractivity contribution is 7.90. The number of benzene rings is 4. The first kappa shape index (κ1) is 24.9. The second kappa shape index (κ2) is 10.3. The van der Waals surface area contributed by atoms with Crippen molar-refractivity contribution in [1.82, 2.24) is 4.57 Å². The van der Waals surface area contributed by atoms with E-state index in [0.717, 1.165) is 28.1 Å². The standard InChI is InChI=1S/C30H23N3O4S/c1-32-29(23-11-5-2-6-12-23)27(21-31-38(36,37)26-15-9-4-10-16-26)28(30(32)24-13-7-3-8-14-24)22-17-19-25(20-18-22)33(34)35/h2-21H,1H3. The topological polar surface area (TPSA) is 94.6 Å². The molecule has 8 heteroatoms. The summed E-state index contributed by atoms with van der Waals surface area (Å²) >= 11 is 0. The molecule has 1 aromatic heterocycles. The van der Waals surface area contributed by atoms with Gasteiger partial charge in [-0.15, -0.1) is 0 Å². The zero-order valence-corrected chi connectivity index (χ0v) is 21.2. The van der Waals surface area contributed by atoms with E-state index >= 15 is 0 Å². The van der Waals surface area contributed by atoms with Gasteiger partial charge in [0.2, 0.25) is 0 Å². The van der Waals surface area contributed by atoms with Crippen LogP contribution in [0.2, 0.25) is 0 Å². The van der Waals surface area contributed by atoms with E-state index in [-0.39, 0.29) is 10.6 Å². The number of rotatable bonds is 7. The third-order valence-electron chi connectivity index (χ3n) is 6.25. The maximum absolute atomic E-state index is 13.1. The molecular formula is C30H23N3O4S. The van der Waals surface area contributed by atoms with Gasteiger partial charge in [0.25, 0.3) is 15.7 Å². The van der Waals surface area contributed by atoms with Crippen LogP contribution in [0.5, 0.6) is 0 Å². The third kappa shape index (κ3) is 4.77. The summed E-state index contributed by atoms with van der Waals surface area (Å²) in [4.78, 5) is 11.0. The van der Waals surface area contributed by atoms with Crippen molar-refractivity contribution in [1.29, 1.82) is 0 Å². The highest BCUT2D eigenvalue weighted by Gasteiger charge is 2.24. The van der Waals surface area contributed by atoms with Crippen LogP contribution in [0.3, 0.4) is 0 Å². The number of hydrogen-bond acceptors (Lipinski definition) is 4. The average molecular weight is 522 g/mol. The highest BCUT2D eigenvalue weighted by atomic mass is 32.2. The van der Waals surface area contributed by atoms with E-state index in [9.17, 15) is 18.5 Å². The zero-order valence-electron chi connectivity index (χ0n) is 20.4. The van der Waals surface area contributed by atoms with Crippen molar-refractivity contribution in [2.24, 2.45) is 11.4 Å². The Balaban J connectivity index is 1.82. The Bertz CT molecular complexity index is 1730. The molecule has 0 saturated carbocycles. The molecule has 5 rings (SSSR count). The maximum Gasteiger partial charge on any atom is 0.282 e. The van der Waals surface area contributed by atoms with Crippen molar-refractivity contribution in [3.8, 4) is 33.6 Å². The molecule has 5 aromatic rings. The molecule has 38 heavy (non-hydrogen) atoms. The van der Waals surface area contributed by atoms with Gasteiger partial charge in [-0.25, -0.2) is 0 Å². The van der Waals surface area contributed by atoms with Gasteiger partial charge in [0.1, 0.15) is 0 Å². The number of aromatic nitrogens is 1. The molecule has 0 amide bonds. The van der Waals surface area contributed by atoms with Crippen molar-refractivity contribution >= 4 is 21.9 Å². The Morgan fingerprint density at radius 2 is 1.21 bits per heavy atom. The number of nitro groups is 1. The van der Waals surface area contributed by atoms with Gasteiger partial charge in [-0.1, -0.05) is 78.9 Å². The lowest BCUT2D eigenvalue weighted by Gasteiger charge is -2.10. The van der Waals surface area contributed by atoms with Crippen molar-refractivity contribution in [3.63, 3.8) is 0 Å². The fourth-order valence-electron chi connectivity index (χ4n) is 4.53. The second-order valence-corrected chi connectivity index (χ2v) is 10.2. The predicted molar refractivity (Wildman–Crippen MR) is 150 cm³/mol. The molecule has 7 nitrogen and oxygen atoms in total. The van der Waals surface area contributed by atoms with E-state index in [2.05, 4.69) is 4.40 Å². The van der Waals surface area contributed by atoms with Crippen molar-refractivity contribution in [2.75, 3.05) is 0 Å². The summed E-state index contributed by atoms with van der Waals surface area (Å²) in [5, 5.41) is 11.3. The Morgan fingerprint density at radius 3 is 1.74 bits per heavy atom. The minimum Gasteiger partial charge on any atom is -0.343 e. The monoisotopic (exact) mass is 521 g/mol. The van der Waals surface area contributed by atoms with Crippen LogP contribution in [-0.2, 0) is 17.1 Å². The van der Waals surface area contributed by atoms with E-state index in [0.29, 0.717) is 11.1 Å². The summed E-state index contributed by atoms with van der Waals surface area (Å²) < 4.78 is 32.3. The van der Waals surface area contributed by atoms with Gasteiger partial charge in [-0.05, 0) is 41.0 Å². The van der Waals surface area contributed by atoms with Crippen LogP contribution in [0.1, 0.15) is 5.56 Å². The fraction of sp³-hybridized carbons (Fsp3) is 0.0333. The van der Waals surface area contributed by atoms with Crippen molar-refractivity contribution in [2.45, 2.75) is 4.90 Å². The third-order valence-corrected chi connectivity index (χ3v) is 7.51. The molecule has 0 aliphatic rings. The summed E-state index contributed by atoms with van der Waals surface area (Å²) in [6.45, 7) is 0. The van der Waals surface area contributed by atoms with E-state index in [1.165, 1.54) is 30.5 Å². The van der Waals surface area contributed by atoms with Gasteiger partial charge in [-0.3, -0.25) is 10.1 Å². The molecule has 0 aliphatic carbocycles. The summed E-state index contributed by atoms with van der Waals surface area (Å²) in [6.07, 6.45) is 1.38. The van der Waals surface area contributed by atoms with Crippen LogP contribution in [0, 0.1) is 10.1 Å². The molecular weight excluding hydrogens is 498 g/mol. The molecule has 0 atom stereocenters. The van der Waals surface area contributed by atoms with E-state index in [4.69, 9.17) is 0 Å². The lowest BCUT2D eigenvalue weighted by Crippen LogP contribution is -1.99. The first-order chi connectivity index (χ1) is 18.4. The van der Waals surface area contributed by atoms with E-state index < -0.39 is 14.9 Å². The Hall–Kier alpha value is -4.82. The molecule has 0 saturated heterocycles. The summed E-state index contributed by atoms with van der Waals surface area (Å²) in [5.41, 5.74) is 5.36. The minimum absolute atomic E-state index is 0.0314. The van der Waals surface area contributed by atoms with Crippen LogP contribution in [-0.4, -0.2) is 24.1 Å². The van der Waals surface area contributed by atoms with Gasteiger partial charge in [0.05, 0.1) is 27.4 Å².